The van der Waals surface area contributed by atoms with E-state index in [1.807, 2.05) is 24.3 Å². The molecule has 0 aromatic heterocycles. The van der Waals surface area contributed by atoms with E-state index in [9.17, 15) is 14.7 Å². The van der Waals surface area contributed by atoms with Crippen LogP contribution in [-0.2, 0) is 16.0 Å². The molecule has 0 saturated carbocycles. The Balaban J connectivity index is 1.88. The fourth-order valence-corrected chi connectivity index (χ4v) is 3.92. The molecule has 2 aliphatic rings. The molecule has 0 spiro atoms. The van der Waals surface area contributed by atoms with Crippen LogP contribution in [0.4, 0.5) is 0 Å². The first-order chi connectivity index (χ1) is 10.2. The molecule has 1 saturated heterocycles. The van der Waals surface area contributed by atoms with E-state index >= 15 is 0 Å². The molecule has 2 N–H and O–H groups in total. The zero-order chi connectivity index (χ0) is 14.8. The Morgan fingerprint density at radius 2 is 2.14 bits per heavy atom. The van der Waals surface area contributed by atoms with Crippen LogP contribution in [0, 0.1) is 0 Å². The van der Waals surface area contributed by atoms with Crippen molar-refractivity contribution in [2.45, 2.75) is 18.5 Å². The first-order valence-corrected chi connectivity index (χ1v) is 8.26. The third kappa shape index (κ3) is 2.78. The summed E-state index contributed by atoms with van der Waals surface area (Å²) in [6, 6.07) is 6.37. The summed E-state index contributed by atoms with van der Waals surface area (Å²) in [5.74, 6) is 0.654. The Hall–Kier alpha value is -1.53. The lowest BCUT2D eigenvalue weighted by Gasteiger charge is -2.37. The number of hydrogen-bond acceptors (Lipinski definition) is 4. The van der Waals surface area contributed by atoms with E-state index in [1.165, 1.54) is 4.90 Å². The second-order valence-corrected chi connectivity index (χ2v) is 6.45. The lowest BCUT2D eigenvalue weighted by atomic mass is 9.92. The molecule has 2 atom stereocenters. The number of hydrogen-bond donors (Lipinski definition) is 2. The van der Waals surface area contributed by atoms with Crippen LogP contribution in [0.5, 0.6) is 0 Å². The molecule has 1 aromatic carbocycles. The first-order valence-electron chi connectivity index (χ1n) is 7.10. The first kappa shape index (κ1) is 14.4. The molecule has 1 fully saturated rings. The Labute approximate surface area is 127 Å². The molecule has 2 heterocycles. The van der Waals surface area contributed by atoms with Crippen molar-refractivity contribution in [2.75, 3.05) is 24.6 Å². The van der Waals surface area contributed by atoms with Gasteiger partial charge in [-0.2, -0.15) is 11.8 Å². The minimum Gasteiger partial charge on any atom is -0.479 e. The molecule has 0 radical (unpaired) electrons. The van der Waals surface area contributed by atoms with Crippen LogP contribution in [0.2, 0.25) is 0 Å². The maximum absolute atomic E-state index is 12.7. The van der Waals surface area contributed by atoms with Gasteiger partial charge in [0.05, 0.1) is 6.04 Å². The number of carbonyl (C=O) groups excluding carboxylic acids is 1. The van der Waals surface area contributed by atoms with E-state index in [-0.39, 0.29) is 11.9 Å². The number of amides is 1. The number of nitrogens with one attached hydrogen (secondary N) is 1. The van der Waals surface area contributed by atoms with Crippen LogP contribution in [0.15, 0.2) is 24.3 Å². The van der Waals surface area contributed by atoms with Crippen LogP contribution >= 0.6 is 11.8 Å². The Kier molecular flexibility index (Phi) is 4.17. The standard InChI is InChI=1S/C15H18N2O3S/c18-14(12-9-21-8-6-16-12)17-7-5-10-3-1-2-4-11(10)13(17)15(19)20/h1-4,12-13,16H,5-9H2,(H,19,20). The Morgan fingerprint density at radius 1 is 1.33 bits per heavy atom. The van der Waals surface area contributed by atoms with E-state index in [2.05, 4.69) is 5.32 Å². The number of thioether (sulfide) groups is 1. The third-order valence-corrected chi connectivity index (χ3v) is 5.08. The average Bonchev–Trinajstić information content (AvgIpc) is 2.53. The van der Waals surface area contributed by atoms with Gasteiger partial charge in [0, 0.05) is 24.6 Å². The van der Waals surface area contributed by atoms with Crippen molar-refractivity contribution >= 4 is 23.6 Å². The third-order valence-electron chi connectivity index (χ3n) is 4.02. The monoisotopic (exact) mass is 306 g/mol. The second-order valence-electron chi connectivity index (χ2n) is 5.30. The summed E-state index contributed by atoms with van der Waals surface area (Å²) in [5.41, 5.74) is 1.77. The van der Waals surface area contributed by atoms with E-state index in [0.29, 0.717) is 18.7 Å². The van der Waals surface area contributed by atoms with Crippen LogP contribution in [0.3, 0.4) is 0 Å². The zero-order valence-electron chi connectivity index (χ0n) is 11.6. The normalized spacial score (nSPS) is 25.2. The molecule has 5 nitrogen and oxygen atoms in total. The van der Waals surface area contributed by atoms with Crippen LogP contribution in [0.25, 0.3) is 0 Å². The molecule has 0 aliphatic carbocycles. The highest BCUT2D eigenvalue weighted by molar-refractivity contribution is 7.99. The van der Waals surface area contributed by atoms with Gasteiger partial charge in [-0.3, -0.25) is 4.79 Å². The Morgan fingerprint density at radius 3 is 2.86 bits per heavy atom. The van der Waals surface area contributed by atoms with E-state index < -0.39 is 12.0 Å². The molecule has 112 valence electrons. The van der Waals surface area contributed by atoms with Crippen LogP contribution in [0.1, 0.15) is 17.2 Å². The number of benzene rings is 1. The van der Waals surface area contributed by atoms with Crippen LogP contribution in [-0.4, -0.2) is 52.5 Å². The number of fused-ring (bicyclic) bond motifs is 1. The van der Waals surface area contributed by atoms with Gasteiger partial charge in [-0.25, -0.2) is 4.79 Å². The minimum atomic E-state index is -0.959. The van der Waals surface area contributed by atoms with Crippen molar-refractivity contribution in [1.82, 2.24) is 10.2 Å². The van der Waals surface area contributed by atoms with Crippen molar-refractivity contribution in [3.05, 3.63) is 35.4 Å². The molecule has 1 amide bonds. The fraction of sp³-hybridized carbons (Fsp3) is 0.467. The van der Waals surface area contributed by atoms with Gasteiger partial charge < -0.3 is 15.3 Å². The van der Waals surface area contributed by atoms with Crippen LogP contribution < -0.4 is 5.32 Å². The number of rotatable bonds is 2. The Bertz CT molecular complexity index is 558. The molecule has 1 aromatic rings. The van der Waals surface area contributed by atoms with Gasteiger partial charge in [0.15, 0.2) is 6.04 Å². The van der Waals surface area contributed by atoms with Gasteiger partial charge in [0.25, 0.3) is 0 Å². The highest BCUT2D eigenvalue weighted by Gasteiger charge is 2.38. The van der Waals surface area contributed by atoms with E-state index in [0.717, 1.165) is 23.4 Å². The summed E-state index contributed by atoms with van der Waals surface area (Å²) >= 11 is 1.73. The predicted molar refractivity (Wildman–Crippen MR) is 81.4 cm³/mol. The van der Waals surface area contributed by atoms with Crippen molar-refractivity contribution in [2.24, 2.45) is 0 Å². The van der Waals surface area contributed by atoms with Gasteiger partial charge >= 0.3 is 5.97 Å². The SMILES string of the molecule is O=C(O)C1c2ccccc2CCN1C(=O)C1CSCCN1. The van der Waals surface area contributed by atoms with Gasteiger partial charge in [0.2, 0.25) is 5.91 Å². The minimum absolute atomic E-state index is 0.0934. The molecule has 0 bridgehead atoms. The molecule has 6 heteroatoms. The van der Waals surface area contributed by atoms with Gasteiger partial charge in [-0.15, -0.1) is 0 Å². The summed E-state index contributed by atoms with van der Waals surface area (Å²) in [7, 11) is 0. The summed E-state index contributed by atoms with van der Waals surface area (Å²) in [4.78, 5) is 25.9. The summed E-state index contributed by atoms with van der Waals surface area (Å²) in [5, 5.41) is 12.8. The number of carboxylic acids is 1. The fourth-order valence-electron chi connectivity index (χ4n) is 2.99. The number of carbonyl (C=O) groups is 2. The zero-order valence-corrected chi connectivity index (χ0v) is 12.4. The summed E-state index contributed by atoms with van der Waals surface area (Å²) in [6.07, 6.45) is 0.714. The molecule has 21 heavy (non-hydrogen) atoms. The van der Waals surface area contributed by atoms with Crippen molar-refractivity contribution in [1.29, 1.82) is 0 Å². The van der Waals surface area contributed by atoms with Crippen molar-refractivity contribution in [3.63, 3.8) is 0 Å². The highest BCUT2D eigenvalue weighted by Crippen LogP contribution is 2.30. The summed E-state index contributed by atoms with van der Waals surface area (Å²) in [6.45, 7) is 1.26. The van der Waals surface area contributed by atoms with Crippen molar-refractivity contribution < 1.29 is 14.7 Å². The van der Waals surface area contributed by atoms with Gasteiger partial charge in [0.1, 0.15) is 0 Å². The van der Waals surface area contributed by atoms with E-state index in [4.69, 9.17) is 0 Å². The lowest BCUT2D eigenvalue weighted by molar-refractivity contribution is -0.151. The molecule has 2 unspecified atom stereocenters. The maximum Gasteiger partial charge on any atom is 0.331 e. The molecular weight excluding hydrogens is 288 g/mol. The largest absolute Gasteiger partial charge is 0.479 e. The quantitative estimate of drug-likeness (QED) is 0.850. The summed E-state index contributed by atoms with van der Waals surface area (Å²) < 4.78 is 0. The highest BCUT2D eigenvalue weighted by atomic mass is 32.2. The van der Waals surface area contributed by atoms with Gasteiger partial charge in [-0.05, 0) is 17.5 Å². The number of aliphatic carboxylic acids is 1. The molecule has 2 aliphatic heterocycles. The average molecular weight is 306 g/mol. The van der Waals surface area contributed by atoms with Gasteiger partial charge in [-0.1, -0.05) is 24.3 Å². The smallest absolute Gasteiger partial charge is 0.331 e. The number of nitrogens with zero attached hydrogens (tertiary/aromatic N) is 1. The number of carboxylic acid groups (broad SMARTS) is 1. The molecular formula is C15H18N2O3S. The predicted octanol–water partition coefficient (Wildman–Crippen LogP) is 0.902. The molecule has 3 rings (SSSR count). The van der Waals surface area contributed by atoms with Crippen molar-refractivity contribution in [3.8, 4) is 0 Å². The van der Waals surface area contributed by atoms with E-state index in [1.54, 1.807) is 11.8 Å². The topological polar surface area (TPSA) is 69.6 Å². The maximum atomic E-state index is 12.7. The second kappa shape index (κ2) is 6.07. The lowest BCUT2D eigenvalue weighted by Crippen LogP contribution is -2.54.